The summed E-state index contributed by atoms with van der Waals surface area (Å²) in [7, 11) is 0. The zero-order valence-electron chi connectivity index (χ0n) is 9.48. The van der Waals surface area contributed by atoms with Gasteiger partial charge in [0.05, 0.1) is 6.61 Å². The van der Waals surface area contributed by atoms with E-state index >= 15 is 0 Å². The minimum atomic E-state index is 0.586. The van der Waals surface area contributed by atoms with Crippen molar-refractivity contribution in [3.63, 3.8) is 0 Å². The van der Waals surface area contributed by atoms with Crippen LogP contribution in [-0.4, -0.2) is 12.9 Å². The maximum absolute atomic E-state index is 10.6. The molecule has 0 aromatic heterocycles. The molecule has 1 fully saturated rings. The van der Waals surface area contributed by atoms with Gasteiger partial charge in [-0.1, -0.05) is 12.1 Å². The average Bonchev–Trinajstić information content (AvgIpc) is 3.12. The van der Waals surface area contributed by atoms with E-state index in [0.717, 1.165) is 23.2 Å². The van der Waals surface area contributed by atoms with Crippen molar-refractivity contribution in [1.82, 2.24) is 0 Å². The predicted octanol–water partition coefficient (Wildman–Crippen LogP) is 3.08. The molecule has 84 valence electrons. The fourth-order valence-electron chi connectivity index (χ4n) is 1.85. The van der Waals surface area contributed by atoms with E-state index in [1.165, 1.54) is 12.8 Å². The molecule has 0 N–H and O–H groups in total. The first-order valence-electron chi connectivity index (χ1n) is 5.73. The van der Waals surface area contributed by atoms with E-state index in [0.29, 0.717) is 12.5 Å². The van der Waals surface area contributed by atoms with Crippen molar-refractivity contribution in [2.45, 2.75) is 19.8 Å². The molecule has 0 atom stereocenters. The van der Waals surface area contributed by atoms with Gasteiger partial charge in [0.15, 0.2) is 0 Å². The molecular weight excluding hydrogens is 200 g/mol. The van der Waals surface area contributed by atoms with Crippen molar-refractivity contribution in [3.8, 4) is 5.75 Å². The number of allylic oxidation sites excluding steroid dienone is 2. The minimum absolute atomic E-state index is 0.586. The molecule has 0 heterocycles. The number of rotatable bonds is 5. The van der Waals surface area contributed by atoms with Crippen LogP contribution in [0.1, 0.15) is 25.3 Å². The monoisotopic (exact) mass is 216 g/mol. The molecule has 1 saturated carbocycles. The largest absolute Gasteiger partial charge is 0.494 e. The first kappa shape index (κ1) is 10.9. The van der Waals surface area contributed by atoms with Crippen LogP contribution in [0, 0.1) is 5.92 Å². The fraction of sp³-hybridized carbons (Fsp3) is 0.357. The first-order chi connectivity index (χ1) is 7.85. The van der Waals surface area contributed by atoms with Gasteiger partial charge in [0, 0.05) is 0 Å². The van der Waals surface area contributed by atoms with Crippen LogP contribution in [0.25, 0.3) is 5.57 Å². The second-order valence-corrected chi connectivity index (χ2v) is 3.99. The van der Waals surface area contributed by atoms with Crippen molar-refractivity contribution in [2.24, 2.45) is 5.92 Å². The molecule has 1 aromatic carbocycles. The summed E-state index contributed by atoms with van der Waals surface area (Å²) >= 11 is 0. The molecule has 0 spiro atoms. The average molecular weight is 216 g/mol. The summed E-state index contributed by atoms with van der Waals surface area (Å²) < 4.78 is 5.39. The molecular formula is C14H16O2. The molecule has 0 bridgehead atoms. The third kappa shape index (κ3) is 2.51. The molecule has 2 rings (SSSR count). The zero-order valence-corrected chi connectivity index (χ0v) is 9.48. The molecule has 2 heteroatoms. The summed E-state index contributed by atoms with van der Waals surface area (Å²) in [5.41, 5.74) is 2.30. The number of aldehydes is 1. The lowest BCUT2D eigenvalue weighted by molar-refractivity contribution is -0.104. The van der Waals surface area contributed by atoms with Gasteiger partial charge >= 0.3 is 0 Å². The van der Waals surface area contributed by atoms with Crippen LogP contribution >= 0.6 is 0 Å². The van der Waals surface area contributed by atoms with Gasteiger partial charge in [0.2, 0.25) is 0 Å². The summed E-state index contributed by atoms with van der Waals surface area (Å²) in [6.45, 7) is 2.65. The number of carbonyl (C=O) groups is 1. The number of hydrogen-bond donors (Lipinski definition) is 0. The number of ether oxygens (including phenoxy) is 1. The summed E-state index contributed by atoms with van der Waals surface area (Å²) in [5.74, 6) is 1.47. The maximum atomic E-state index is 10.6. The third-order valence-electron chi connectivity index (χ3n) is 2.76. The lowest BCUT2D eigenvalue weighted by Crippen LogP contribution is -1.92. The molecule has 16 heavy (non-hydrogen) atoms. The Hall–Kier alpha value is -1.57. The number of carbonyl (C=O) groups excluding carboxylic acids is 1. The molecule has 0 radical (unpaired) electrons. The van der Waals surface area contributed by atoms with Gasteiger partial charge in [-0.05, 0) is 55.0 Å². The molecule has 1 aliphatic rings. The van der Waals surface area contributed by atoms with Crippen LogP contribution in [0.15, 0.2) is 30.3 Å². The van der Waals surface area contributed by atoms with E-state index in [-0.39, 0.29) is 0 Å². The van der Waals surface area contributed by atoms with E-state index in [1.807, 2.05) is 31.2 Å². The van der Waals surface area contributed by atoms with E-state index in [4.69, 9.17) is 4.74 Å². The van der Waals surface area contributed by atoms with Crippen molar-refractivity contribution >= 4 is 11.9 Å². The highest BCUT2D eigenvalue weighted by molar-refractivity contribution is 5.83. The van der Waals surface area contributed by atoms with Crippen LogP contribution in [0.5, 0.6) is 5.75 Å². The standard InChI is InChI=1S/C14H16O2/c1-2-16-13-7-5-12(6-8-13)14(9-10-15)11-3-4-11/h5-11H,2-4H2,1H3. The molecule has 0 saturated heterocycles. The van der Waals surface area contributed by atoms with Gasteiger partial charge in [-0.2, -0.15) is 0 Å². The first-order valence-corrected chi connectivity index (χ1v) is 5.73. The van der Waals surface area contributed by atoms with Crippen LogP contribution in [-0.2, 0) is 4.79 Å². The normalized spacial score (nSPS) is 15.9. The summed E-state index contributed by atoms with van der Waals surface area (Å²) in [5, 5.41) is 0. The van der Waals surface area contributed by atoms with Gasteiger partial charge in [-0.15, -0.1) is 0 Å². The molecule has 0 unspecified atom stereocenters. The van der Waals surface area contributed by atoms with Crippen molar-refractivity contribution in [1.29, 1.82) is 0 Å². The van der Waals surface area contributed by atoms with Gasteiger partial charge in [-0.3, -0.25) is 4.79 Å². The molecule has 1 aromatic rings. The minimum Gasteiger partial charge on any atom is -0.494 e. The molecule has 1 aliphatic carbocycles. The summed E-state index contributed by atoms with van der Waals surface area (Å²) in [6, 6.07) is 7.97. The van der Waals surface area contributed by atoms with Gasteiger partial charge < -0.3 is 4.74 Å². The fourth-order valence-corrected chi connectivity index (χ4v) is 1.85. The predicted molar refractivity (Wildman–Crippen MR) is 64.4 cm³/mol. The molecule has 2 nitrogen and oxygen atoms in total. The Bertz CT molecular complexity index is 386. The lowest BCUT2D eigenvalue weighted by Gasteiger charge is -2.07. The Morgan fingerprint density at radius 2 is 2.06 bits per heavy atom. The van der Waals surface area contributed by atoms with E-state index in [9.17, 15) is 4.79 Å². The van der Waals surface area contributed by atoms with Gasteiger partial charge in [0.25, 0.3) is 0 Å². The Labute approximate surface area is 95.9 Å². The van der Waals surface area contributed by atoms with Crippen LogP contribution in [0.3, 0.4) is 0 Å². The van der Waals surface area contributed by atoms with Crippen LogP contribution in [0.4, 0.5) is 0 Å². The quantitative estimate of drug-likeness (QED) is 0.558. The third-order valence-corrected chi connectivity index (χ3v) is 2.76. The van der Waals surface area contributed by atoms with Gasteiger partial charge in [-0.25, -0.2) is 0 Å². The highest BCUT2D eigenvalue weighted by Crippen LogP contribution is 2.41. The SMILES string of the molecule is CCOc1ccc(C(=CC=O)C2CC2)cc1. The second kappa shape index (κ2) is 4.97. The number of hydrogen-bond acceptors (Lipinski definition) is 2. The van der Waals surface area contributed by atoms with E-state index in [1.54, 1.807) is 6.08 Å². The van der Waals surface area contributed by atoms with E-state index in [2.05, 4.69) is 0 Å². The molecule has 0 amide bonds. The molecule has 0 aliphatic heterocycles. The van der Waals surface area contributed by atoms with Crippen molar-refractivity contribution in [3.05, 3.63) is 35.9 Å². The summed E-state index contributed by atoms with van der Waals surface area (Å²) in [6.07, 6.45) is 4.97. The van der Waals surface area contributed by atoms with Crippen molar-refractivity contribution < 1.29 is 9.53 Å². The maximum Gasteiger partial charge on any atom is 0.143 e. The van der Waals surface area contributed by atoms with Crippen molar-refractivity contribution in [2.75, 3.05) is 6.61 Å². The Balaban J connectivity index is 2.18. The Morgan fingerprint density at radius 1 is 1.38 bits per heavy atom. The topological polar surface area (TPSA) is 26.3 Å². The van der Waals surface area contributed by atoms with Crippen LogP contribution < -0.4 is 4.74 Å². The van der Waals surface area contributed by atoms with Crippen LogP contribution in [0.2, 0.25) is 0 Å². The van der Waals surface area contributed by atoms with E-state index < -0.39 is 0 Å². The second-order valence-electron chi connectivity index (χ2n) is 3.99. The lowest BCUT2D eigenvalue weighted by atomic mass is 10.0. The Kier molecular flexibility index (Phi) is 3.40. The highest BCUT2D eigenvalue weighted by atomic mass is 16.5. The van der Waals surface area contributed by atoms with Gasteiger partial charge in [0.1, 0.15) is 12.0 Å². The highest BCUT2D eigenvalue weighted by Gasteiger charge is 2.26. The summed E-state index contributed by atoms with van der Waals surface area (Å²) in [4.78, 5) is 10.6. The Morgan fingerprint density at radius 3 is 2.56 bits per heavy atom. The number of benzene rings is 1. The smallest absolute Gasteiger partial charge is 0.143 e. The zero-order chi connectivity index (χ0) is 11.4.